The van der Waals surface area contributed by atoms with E-state index in [2.05, 4.69) is 10.3 Å². The standard InChI is InChI=1S/C13H17ClN2O2/c14-12-7-3-6-10(16-12)13(18)15-8-11(17)9-4-1-2-5-9/h3,6-7,9,11,17H,1-2,4-5,8H2,(H,15,18). The number of carbonyl (C=O) groups is 1. The molecule has 1 aliphatic rings. The van der Waals surface area contributed by atoms with E-state index in [1.54, 1.807) is 18.2 Å². The van der Waals surface area contributed by atoms with Crippen LogP contribution in [0.3, 0.4) is 0 Å². The zero-order valence-electron chi connectivity index (χ0n) is 10.1. The summed E-state index contributed by atoms with van der Waals surface area (Å²) in [6.45, 7) is 0.275. The number of nitrogens with zero attached hydrogens (tertiary/aromatic N) is 1. The van der Waals surface area contributed by atoms with Gasteiger partial charge in [0.1, 0.15) is 10.8 Å². The van der Waals surface area contributed by atoms with Crippen molar-refractivity contribution in [2.75, 3.05) is 6.54 Å². The van der Waals surface area contributed by atoms with E-state index in [1.807, 2.05) is 0 Å². The Morgan fingerprint density at radius 2 is 2.22 bits per heavy atom. The number of carbonyl (C=O) groups excluding carboxylic acids is 1. The first-order chi connectivity index (χ1) is 8.66. The fourth-order valence-electron chi connectivity index (χ4n) is 2.33. The van der Waals surface area contributed by atoms with Gasteiger partial charge in [-0.1, -0.05) is 30.5 Å². The Morgan fingerprint density at radius 3 is 2.89 bits per heavy atom. The third-order valence-corrected chi connectivity index (χ3v) is 3.57. The van der Waals surface area contributed by atoms with Crippen LogP contribution in [0.4, 0.5) is 0 Å². The minimum Gasteiger partial charge on any atom is -0.391 e. The number of hydrogen-bond donors (Lipinski definition) is 2. The molecule has 2 N–H and O–H groups in total. The second-order valence-electron chi connectivity index (χ2n) is 4.67. The van der Waals surface area contributed by atoms with E-state index in [9.17, 15) is 9.90 Å². The molecular formula is C13H17ClN2O2. The Labute approximate surface area is 111 Å². The molecule has 0 radical (unpaired) electrons. The number of hydrogen-bond acceptors (Lipinski definition) is 3. The zero-order valence-corrected chi connectivity index (χ0v) is 10.9. The number of pyridine rings is 1. The van der Waals surface area contributed by atoms with Gasteiger partial charge >= 0.3 is 0 Å². The lowest BCUT2D eigenvalue weighted by atomic mass is 10.0. The molecule has 1 heterocycles. The summed E-state index contributed by atoms with van der Waals surface area (Å²) >= 11 is 5.71. The first-order valence-corrected chi connectivity index (χ1v) is 6.63. The zero-order chi connectivity index (χ0) is 13.0. The molecule has 1 atom stereocenters. The number of amides is 1. The summed E-state index contributed by atoms with van der Waals surface area (Å²) in [5, 5.41) is 12.9. The van der Waals surface area contributed by atoms with Crippen LogP contribution in [0.5, 0.6) is 0 Å². The topological polar surface area (TPSA) is 62.2 Å². The summed E-state index contributed by atoms with van der Waals surface area (Å²) in [6.07, 6.45) is 3.98. The molecule has 1 unspecified atom stereocenters. The van der Waals surface area contributed by atoms with Gasteiger partial charge in [-0.25, -0.2) is 4.98 Å². The van der Waals surface area contributed by atoms with Crippen molar-refractivity contribution in [2.45, 2.75) is 31.8 Å². The lowest BCUT2D eigenvalue weighted by molar-refractivity contribution is 0.0836. The maximum Gasteiger partial charge on any atom is 0.270 e. The third kappa shape index (κ3) is 3.43. The average Bonchev–Trinajstić information content (AvgIpc) is 2.89. The lowest BCUT2D eigenvalue weighted by Crippen LogP contribution is -2.35. The van der Waals surface area contributed by atoms with Gasteiger partial charge in [0, 0.05) is 6.54 Å². The number of aliphatic hydroxyl groups excluding tert-OH is 1. The van der Waals surface area contributed by atoms with Crippen LogP contribution in [0.25, 0.3) is 0 Å². The van der Waals surface area contributed by atoms with Gasteiger partial charge in [0.05, 0.1) is 6.10 Å². The van der Waals surface area contributed by atoms with E-state index < -0.39 is 6.10 Å². The number of nitrogens with one attached hydrogen (secondary N) is 1. The van der Waals surface area contributed by atoms with Crippen molar-refractivity contribution in [2.24, 2.45) is 5.92 Å². The molecule has 2 rings (SSSR count). The van der Waals surface area contributed by atoms with Crippen molar-refractivity contribution in [1.29, 1.82) is 0 Å². The van der Waals surface area contributed by atoms with Crippen LogP contribution in [-0.2, 0) is 0 Å². The van der Waals surface area contributed by atoms with Gasteiger partial charge in [0.2, 0.25) is 0 Å². The Hall–Kier alpha value is -1.13. The first kappa shape index (κ1) is 13.3. The average molecular weight is 269 g/mol. The minimum absolute atomic E-state index is 0.275. The van der Waals surface area contributed by atoms with Gasteiger partial charge in [-0.15, -0.1) is 0 Å². The normalized spacial score (nSPS) is 17.7. The van der Waals surface area contributed by atoms with Gasteiger partial charge < -0.3 is 10.4 Å². The van der Waals surface area contributed by atoms with Crippen LogP contribution in [0.15, 0.2) is 18.2 Å². The summed E-state index contributed by atoms with van der Waals surface area (Å²) in [7, 11) is 0. The molecule has 0 spiro atoms. The fourth-order valence-corrected chi connectivity index (χ4v) is 2.50. The van der Waals surface area contributed by atoms with Crippen LogP contribution in [0, 0.1) is 5.92 Å². The summed E-state index contributed by atoms with van der Waals surface area (Å²) in [6, 6.07) is 4.90. The molecule has 5 heteroatoms. The maximum absolute atomic E-state index is 11.8. The summed E-state index contributed by atoms with van der Waals surface area (Å²) in [4.78, 5) is 15.7. The maximum atomic E-state index is 11.8. The molecule has 1 fully saturated rings. The second-order valence-corrected chi connectivity index (χ2v) is 5.05. The largest absolute Gasteiger partial charge is 0.391 e. The molecule has 1 aromatic heterocycles. The highest BCUT2D eigenvalue weighted by atomic mass is 35.5. The Balaban J connectivity index is 1.84. The molecule has 98 valence electrons. The van der Waals surface area contributed by atoms with E-state index in [-0.39, 0.29) is 18.1 Å². The molecular weight excluding hydrogens is 252 g/mol. The first-order valence-electron chi connectivity index (χ1n) is 6.25. The predicted octanol–water partition coefficient (Wildman–Crippen LogP) is 2.02. The molecule has 1 amide bonds. The van der Waals surface area contributed by atoms with Crippen LogP contribution in [0.1, 0.15) is 36.2 Å². The highest BCUT2D eigenvalue weighted by Crippen LogP contribution is 2.27. The quantitative estimate of drug-likeness (QED) is 0.821. The van der Waals surface area contributed by atoms with E-state index in [1.165, 1.54) is 12.8 Å². The van der Waals surface area contributed by atoms with Gasteiger partial charge in [-0.3, -0.25) is 4.79 Å². The highest BCUT2D eigenvalue weighted by Gasteiger charge is 2.23. The number of aliphatic hydroxyl groups is 1. The molecule has 0 aliphatic heterocycles. The van der Waals surface area contributed by atoms with Crippen molar-refractivity contribution in [3.05, 3.63) is 29.0 Å². The van der Waals surface area contributed by atoms with Crippen LogP contribution >= 0.6 is 11.6 Å². The molecule has 0 aromatic carbocycles. The SMILES string of the molecule is O=C(NCC(O)C1CCCC1)c1cccc(Cl)n1. The molecule has 1 saturated carbocycles. The predicted molar refractivity (Wildman–Crippen MR) is 69.5 cm³/mol. The smallest absolute Gasteiger partial charge is 0.270 e. The molecule has 18 heavy (non-hydrogen) atoms. The minimum atomic E-state index is -0.462. The molecule has 4 nitrogen and oxygen atoms in total. The highest BCUT2D eigenvalue weighted by molar-refractivity contribution is 6.29. The van der Waals surface area contributed by atoms with Gasteiger partial charge in [-0.2, -0.15) is 0 Å². The van der Waals surface area contributed by atoms with Crippen molar-refractivity contribution < 1.29 is 9.90 Å². The second kappa shape index (κ2) is 6.16. The van der Waals surface area contributed by atoms with Gasteiger partial charge in [0.15, 0.2) is 0 Å². The van der Waals surface area contributed by atoms with Gasteiger partial charge in [-0.05, 0) is 30.9 Å². The van der Waals surface area contributed by atoms with E-state index >= 15 is 0 Å². The van der Waals surface area contributed by atoms with E-state index in [0.717, 1.165) is 12.8 Å². The van der Waals surface area contributed by atoms with Crippen molar-refractivity contribution in [1.82, 2.24) is 10.3 Å². The fraction of sp³-hybridized carbons (Fsp3) is 0.538. The molecule has 0 bridgehead atoms. The van der Waals surface area contributed by atoms with Crippen LogP contribution in [0.2, 0.25) is 5.15 Å². The lowest BCUT2D eigenvalue weighted by Gasteiger charge is -2.17. The molecule has 1 aromatic rings. The monoisotopic (exact) mass is 268 g/mol. The molecule has 1 aliphatic carbocycles. The van der Waals surface area contributed by atoms with Gasteiger partial charge in [0.25, 0.3) is 5.91 Å². The third-order valence-electron chi connectivity index (χ3n) is 3.36. The van der Waals surface area contributed by atoms with Crippen LogP contribution in [-0.4, -0.2) is 28.6 Å². The Morgan fingerprint density at radius 1 is 1.50 bits per heavy atom. The molecule has 0 saturated heterocycles. The van der Waals surface area contributed by atoms with Crippen molar-refractivity contribution >= 4 is 17.5 Å². The van der Waals surface area contributed by atoms with Crippen LogP contribution < -0.4 is 5.32 Å². The number of halogens is 1. The van der Waals surface area contributed by atoms with Crippen molar-refractivity contribution in [3.8, 4) is 0 Å². The number of aromatic nitrogens is 1. The van der Waals surface area contributed by atoms with Crippen molar-refractivity contribution in [3.63, 3.8) is 0 Å². The Bertz CT molecular complexity index is 419. The summed E-state index contributed by atoms with van der Waals surface area (Å²) in [5.41, 5.74) is 0.279. The number of rotatable bonds is 4. The summed E-state index contributed by atoms with van der Waals surface area (Å²) < 4.78 is 0. The van der Waals surface area contributed by atoms with E-state index in [4.69, 9.17) is 11.6 Å². The van der Waals surface area contributed by atoms with E-state index in [0.29, 0.717) is 11.1 Å². The Kier molecular flexibility index (Phi) is 4.55. The summed E-state index contributed by atoms with van der Waals surface area (Å²) in [5.74, 6) is 0.0205.